The molecule has 0 spiro atoms. The van der Waals surface area contributed by atoms with E-state index in [1.54, 1.807) is 37.6 Å². The SMILES string of the molecule is COc1cc(OC)cc(N(Cc2ccco2)c2ccc3ncc(-c4cnn(C)c4)nc3c2)c1. The van der Waals surface area contributed by atoms with Crippen molar-refractivity contribution in [2.24, 2.45) is 7.05 Å². The highest BCUT2D eigenvalue weighted by Gasteiger charge is 2.16. The normalized spacial score (nSPS) is 11.0. The molecule has 0 aliphatic heterocycles. The highest BCUT2D eigenvalue weighted by molar-refractivity contribution is 5.82. The third-order valence-electron chi connectivity index (χ3n) is 5.38. The molecule has 0 atom stereocenters. The van der Waals surface area contributed by atoms with Crippen molar-refractivity contribution in [1.82, 2.24) is 19.7 Å². The fourth-order valence-electron chi connectivity index (χ4n) is 3.70. The Balaban J connectivity index is 1.61. The summed E-state index contributed by atoms with van der Waals surface area (Å²) in [6, 6.07) is 15.6. The van der Waals surface area contributed by atoms with E-state index in [0.717, 1.165) is 39.4 Å². The fourth-order valence-corrected chi connectivity index (χ4v) is 3.70. The lowest BCUT2D eigenvalue weighted by Gasteiger charge is -2.25. The van der Waals surface area contributed by atoms with Crippen LogP contribution < -0.4 is 14.4 Å². The van der Waals surface area contributed by atoms with Crippen LogP contribution in [0.15, 0.2) is 77.8 Å². The quantitative estimate of drug-likeness (QED) is 0.352. The molecule has 0 unspecified atom stereocenters. The zero-order chi connectivity index (χ0) is 22.8. The third kappa shape index (κ3) is 4.23. The Morgan fingerprint density at radius 1 is 0.939 bits per heavy atom. The Labute approximate surface area is 191 Å². The van der Waals surface area contributed by atoms with Crippen molar-refractivity contribution in [1.29, 1.82) is 0 Å². The molecule has 5 aromatic rings. The van der Waals surface area contributed by atoms with Crippen LogP contribution in [-0.4, -0.2) is 34.0 Å². The van der Waals surface area contributed by atoms with Crippen molar-refractivity contribution in [2.75, 3.05) is 19.1 Å². The Hall–Kier alpha value is -4.33. The van der Waals surface area contributed by atoms with Crippen molar-refractivity contribution in [3.63, 3.8) is 0 Å². The molecule has 0 saturated heterocycles. The maximum atomic E-state index is 5.65. The van der Waals surface area contributed by atoms with Gasteiger partial charge in [0, 0.05) is 48.4 Å². The Bertz CT molecular complexity index is 1370. The lowest BCUT2D eigenvalue weighted by atomic mass is 10.2. The number of ether oxygens (including phenoxy) is 2. The van der Waals surface area contributed by atoms with Crippen molar-refractivity contribution in [2.45, 2.75) is 6.54 Å². The molecule has 3 heterocycles. The van der Waals surface area contributed by atoms with Gasteiger partial charge in [-0.05, 0) is 30.3 Å². The van der Waals surface area contributed by atoms with Crippen molar-refractivity contribution in [3.8, 4) is 22.8 Å². The van der Waals surface area contributed by atoms with Crippen LogP contribution in [0, 0.1) is 0 Å². The molecule has 0 fully saturated rings. The van der Waals surface area contributed by atoms with E-state index in [1.165, 1.54) is 0 Å². The molecule has 2 aromatic carbocycles. The summed E-state index contributed by atoms with van der Waals surface area (Å²) >= 11 is 0. The maximum Gasteiger partial charge on any atom is 0.124 e. The van der Waals surface area contributed by atoms with E-state index in [2.05, 4.69) is 15.0 Å². The van der Waals surface area contributed by atoms with Crippen LogP contribution >= 0.6 is 0 Å². The number of rotatable bonds is 7. The summed E-state index contributed by atoms with van der Waals surface area (Å²) in [4.78, 5) is 11.6. The number of aryl methyl sites for hydroxylation is 1. The summed E-state index contributed by atoms with van der Waals surface area (Å²) in [6.07, 6.45) is 7.15. The van der Waals surface area contributed by atoms with Crippen LogP contribution in [0.2, 0.25) is 0 Å². The molecule has 166 valence electrons. The lowest BCUT2D eigenvalue weighted by molar-refractivity contribution is 0.394. The number of furan rings is 1. The number of hydrogen-bond donors (Lipinski definition) is 0. The van der Waals surface area contributed by atoms with Gasteiger partial charge in [-0.3, -0.25) is 9.67 Å². The summed E-state index contributed by atoms with van der Waals surface area (Å²) in [5.41, 5.74) is 5.13. The van der Waals surface area contributed by atoms with E-state index in [-0.39, 0.29) is 0 Å². The molecule has 0 radical (unpaired) electrons. The van der Waals surface area contributed by atoms with Crippen LogP contribution in [0.25, 0.3) is 22.3 Å². The minimum atomic E-state index is 0.518. The molecule has 0 bridgehead atoms. The maximum absolute atomic E-state index is 5.65. The highest BCUT2D eigenvalue weighted by Crippen LogP contribution is 2.35. The van der Waals surface area contributed by atoms with Gasteiger partial charge >= 0.3 is 0 Å². The second-order valence-electron chi connectivity index (χ2n) is 7.57. The van der Waals surface area contributed by atoms with Gasteiger partial charge in [0.15, 0.2) is 0 Å². The molecule has 33 heavy (non-hydrogen) atoms. The van der Waals surface area contributed by atoms with E-state index in [0.29, 0.717) is 18.0 Å². The van der Waals surface area contributed by atoms with Crippen LogP contribution in [0.3, 0.4) is 0 Å². The Kier molecular flexibility index (Phi) is 5.40. The predicted octanol–water partition coefficient (Wildman–Crippen LogP) is 4.98. The lowest BCUT2D eigenvalue weighted by Crippen LogP contribution is -2.16. The summed E-state index contributed by atoms with van der Waals surface area (Å²) < 4.78 is 18.4. The van der Waals surface area contributed by atoms with Crippen LogP contribution in [0.5, 0.6) is 11.5 Å². The van der Waals surface area contributed by atoms with Gasteiger partial charge < -0.3 is 18.8 Å². The number of nitrogens with zero attached hydrogens (tertiary/aromatic N) is 5. The molecule has 0 saturated carbocycles. The molecule has 0 amide bonds. The highest BCUT2D eigenvalue weighted by atomic mass is 16.5. The summed E-state index contributed by atoms with van der Waals surface area (Å²) in [5.74, 6) is 2.23. The second kappa shape index (κ2) is 8.66. The third-order valence-corrected chi connectivity index (χ3v) is 5.38. The first kappa shape index (κ1) is 20.6. The van der Waals surface area contributed by atoms with Gasteiger partial charge in [-0.15, -0.1) is 0 Å². The van der Waals surface area contributed by atoms with E-state index in [1.807, 2.05) is 61.8 Å². The van der Waals surface area contributed by atoms with Gasteiger partial charge in [0.1, 0.15) is 17.3 Å². The van der Waals surface area contributed by atoms with Crippen LogP contribution in [0.4, 0.5) is 11.4 Å². The van der Waals surface area contributed by atoms with Gasteiger partial charge in [0.25, 0.3) is 0 Å². The number of hydrogen-bond acceptors (Lipinski definition) is 7. The first-order chi connectivity index (χ1) is 16.1. The number of methoxy groups -OCH3 is 2. The summed E-state index contributed by atoms with van der Waals surface area (Å²) in [7, 11) is 5.16. The number of aromatic nitrogens is 4. The average Bonchev–Trinajstić information content (AvgIpc) is 3.53. The Morgan fingerprint density at radius 2 is 1.76 bits per heavy atom. The van der Waals surface area contributed by atoms with Crippen molar-refractivity contribution >= 4 is 22.4 Å². The monoisotopic (exact) mass is 441 g/mol. The molecule has 0 aliphatic carbocycles. The molecule has 8 heteroatoms. The van der Waals surface area contributed by atoms with Gasteiger partial charge in [-0.1, -0.05) is 0 Å². The fraction of sp³-hybridized carbons (Fsp3) is 0.160. The first-order valence-electron chi connectivity index (χ1n) is 10.4. The average molecular weight is 441 g/mol. The van der Waals surface area contributed by atoms with Crippen molar-refractivity contribution < 1.29 is 13.9 Å². The second-order valence-corrected chi connectivity index (χ2v) is 7.57. The molecular weight excluding hydrogens is 418 g/mol. The van der Waals surface area contributed by atoms with Crippen LogP contribution in [-0.2, 0) is 13.6 Å². The summed E-state index contributed by atoms with van der Waals surface area (Å²) in [6.45, 7) is 0.518. The molecular formula is C25H23N5O3. The van der Waals surface area contributed by atoms with E-state index in [4.69, 9.17) is 18.9 Å². The van der Waals surface area contributed by atoms with E-state index < -0.39 is 0 Å². The molecule has 5 rings (SSSR count). The predicted molar refractivity (Wildman–Crippen MR) is 126 cm³/mol. The van der Waals surface area contributed by atoms with E-state index in [9.17, 15) is 0 Å². The minimum absolute atomic E-state index is 0.518. The Morgan fingerprint density at radius 3 is 2.42 bits per heavy atom. The standard InChI is InChI=1S/C25H23N5O3/c1-29-15-17(13-27-29)25-14-26-23-7-6-18(11-24(23)28-25)30(16-20-5-4-8-33-20)19-9-21(31-2)12-22(10-19)32-3/h4-15H,16H2,1-3H3. The van der Waals surface area contributed by atoms with Crippen molar-refractivity contribution in [3.05, 3.63) is 79.1 Å². The first-order valence-corrected chi connectivity index (χ1v) is 10.4. The van der Waals surface area contributed by atoms with Gasteiger partial charge in [-0.25, -0.2) is 4.98 Å². The molecule has 3 aromatic heterocycles. The van der Waals surface area contributed by atoms with Gasteiger partial charge in [-0.2, -0.15) is 5.10 Å². The molecule has 0 aliphatic rings. The number of benzene rings is 2. The minimum Gasteiger partial charge on any atom is -0.497 e. The topological polar surface area (TPSA) is 78.4 Å². The number of anilines is 2. The molecule has 8 nitrogen and oxygen atoms in total. The number of fused-ring (bicyclic) bond motifs is 1. The zero-order valence-corrected chi connectivity index (χ0v) is 18.6. The summed E-state index contributed by atoms with van der Waals surface area (Å²) in [5, 5.41) is 4.24. The van der Waals surface area contributed by atoms with Gasteiger partial charge in [0.2, 0.25) is 0 Å². The largest absolute Gasteiger partial charge is 0.497 e. The zero-order valence-electron chi connectivity index (χ0n) is 18.6. The van der Waals surface area contributed by atoms with Gasteiger partial charge in [0.05, 0.1) is 56.1 Å². The smallest absolute Gasteiger partial charge is 0.124 e. The van der Waals surface area contributed by atoms with Crippen LogP contribution in [0.1, 0.15) is 5.76 Å². The van der Waals surface area contributed by atoms with E-state index >= 15 is 0 Å². The molecule has 0 N–H and O–H groups in total.